The molecule has 7 heteroatoms. The number of ether oxygens (including phenoxy) is 1. The molecule has 0 bridgehead atoms. The third kappa shape index (κ3) is 2.68. The molecule has 0 unspecified atom stereocenters. The number of aromatic nitrogens is 2. The Bertz CT molecular complexity index is 1220. The lowest BCUT2D eigenvalue weighted by Gasteiger charge is -2.25. The van der Waals surface area contributed by atoms with Crippen LogP contribution in [0.15, 0.2) is 35.3 Å². The summed E-state index contributed by atoms with van der Waals surface area (Å²) >= 11 is 0. The molecular weight excluding hydrogens is 376 g/mol. The Labute approximate surface area is 175 Å². The second-order valence-corrected chi connectivity index (χ2v) is 7.46. The minimum atomic E-state index is -0.133. The van der Waals surface area contributed by atoms with Gasteiger partial charge in [0.25, 0.3) is 0 Å². The first-order chi connectivity index (χ1) is 14.6. The van der Waals surface area contributed by atoms with Gasteiger partial charge in [0.15, 0.2) is 5.82 Å². The van der Waals surface area contributed by atoms with Crippen LogP contribution in [0.1, 0.15) is 43.6 Å². The van der Waals surface area contributed by atoms with E-state index in [1.807, 2.05) is 25.1 Å². The van der Waals surface area contributed by atoms with E-state index in [0.29, 0.717) is 35.3 Å². The van der Waals surface area contributed by atoms with Gasteiger partial charge in [-0.25, -0.2) is 9.98 Å². The fourth-order valence-electron chi connectivity index (χ4n) is 4.31. The van der Waals surface area contributed by atoms with Crippen molar-refractivity contribution in [1.29, 1.82) is 5.26 Å². The standard InChI is InChI=1S/C23H22N6O/c1-4-29(5-2)22-16(12-24)18-15-11-17(14-9-7-6-8-10-14)30-23(15)28-21-19(18)20(27-22)25-13(3)26-21/h6-10,17H,4-5,11H2,1-3H3,(H,25,26,27,28)/t17-/m0/s1. The molecule has 0 amide bonds. The molecule has 150 valence electrons. The topological polar surface area (TPSA) is 86.4 Å². The van der Waals surface area contributed by atoms with Gasteiger partial charge in [-0.3, -0.25) is 0 Å². The lowest BCUT2D eigenvalue weighted by Crippen LogP contribution is -2.25. The first-order valence-electron chi connectivity index (χ1n) is 10.2. The van der Waals surface area contributed by atoms with E-state index in [2.05, 4.69) is 47.3 Å². The Balaban J connectivity index is 1.80. The maximum atomic E-state index is 10.2. The van der Waals surface area contributed by atoms with Crippen LogP contribution in [0, 0.1) is 11.3 Å². The van der Waals surface area contributed by atoms with Crippen LogP contribution in [0.2, 0.25) is 0 Å². The molecule has 0 spiro atoms. The summed E-state index contributed by atoms with van der Waals surface area (Å²) in [4.78, 5) is 16.2. The first-order valence-corrected chi connectivity index (χ1v) is 10.2. The lowest BCUT2D eigenvalue weighted by atomic mass is 9.96. The van der Waals surface area contributed by atoms with Crippen molar-refractivity contribution in [2.75, 3.05) is 23.3 Å². The third-order valence-corrected chi connectivity index (χ3v) is 5.73. The number of nitrogens with zero attached hydrogens (tertiary/aromatic N) is 5. The van der Waals surface area contributed by atoms with Crippen molar-refractivity contribution in [1.82, 2.24) is 9.97 Å². The molecule has 2 aromatic heterocycles. The highest BCUT2D eigenvalue weighted by Gasteiger charge is 2.33. The van der Waals surface area contributed by atoms with Gasteiger partial charge in [0.1, 0.15) is 35.2 Å². The number of nitriles is 1. The molecular formula is C23H22N6O. The van der Waals surface area contributed by atoms with Gasteiger partial charge in [0.2, 0.25) is 5.88 Å². The second kappa shape index (κ2) is 6.99. The van der Waals surface area contributed by atoms with E-state index in [1.54, 1.807) is 0 Å². The highest BCUT2D eigenvalue weighted by atomic mass is 16.5. The van der Waals surface area contributed by atoms with Gasteiger partial charge in [-0.05, 0) is 26.3 Å². The highest BCUT2D eigenvalue weighted by molar-refractivity contribution is 6.14. The molecule has 3 aromatic rings. The average molecular weight is 398 g/mol. The molecule has 30 heavy (non-hydrogen) atoms. The Morgan fingerprint density at radius 2 is 1.93 bits per heavy atom. The van der Waals surface area contributed by atoms with Gasteiger partial charge >= 0.3 is 0 Å². The summed E-state index contributed by atoms with van der Waals surface area (Å²) in [6, 6.07) is 12.5. The molecule has 0 saturated heterocycles. The molecule has 1 N–H and O–H groups in total. The quantitative estimate of drug-likeness (QED) is 0.696. The van der Waals surface area contributed by atoms with Crippen molar-refractivity contribution < 1.29 is 4.74 Å². The first kappa shape index (κ1) is 18.4. The molecule has 0 aliphatic carbocycles. The second-order valence-electron chi connectivity index (χ2n) is 7.46. The van der Waals surface area contributed by atoms with Gasteiger partial charge in [-0.2, -0.15) is 10.2 Å². The predicted octanol–water partition coefficient (Wildman–Crippen LogP) is 4.50. The monoisotopic (exact) mass is 398 g/mol. The normalized spacial score (nSPS) is 16.3. The van der Waals surface area contributed by atoms with Gasteiger partial charge in [-0.15, -0.1) is 0 Å². The summed E-state index contributed by atoms with van der Waals surface area (Å²) in [5.41, 5.74) is 2.61. The zero-order chi connectivity index (χ0) is 20.8. The zero-order valence-corrected chi connectivity index (χ0v) is 17.2. The minimum Gasteiger partial charge on any atom is -0.469 e. The van der Waals surface area contributed by atoms with Crippen molar-refractivity contribution in [3.05, 3.63) is 47.0 Å². The summed E-state index contributed by atoms with van der Waals surface area (Å²) in [6.07, 6.45) is 0.521. The number of benzene rings is 1. The highest BCUT2D eigenvalue weighted by Crippen LogP contribution is 2.47. The number of rotatable bonds is 4. The fraction of sp³-hybridized carbons (Fsp3) is 0.304. The van der Waals surface area contributed by atoms with E-state index in [1.165, 1.54) is 0 Å². The number of aliphatic imine (C=N–C) groups is 1. The van der Waals surface area contributed by atoms with Gasteiger partial charge in [0.05, 0.1) is 5.39 Å². The number of amidine groups is 1. The predicted molar refractivity (Wildman–Crippen MR) is 118 cm³/mol. The molecule has 0 fully saturated rings. The van der Waals surface area contributed by atoms with Crippen LogP contribution in [-0.4, -0.2) is 28.9 Å². The Hall–Kier alpha value is -3.66. The molecule has 1 atom stereocenters. The van der Waals surface area contributed by atoms with Crippen LogP contribution in [0.5, 0.6) is 5.88 Å². The summed E-state index contributed by atoms with van der Waals surface area (Å²) in [7, 11) is 0. The van der Waals surface area contributed by atoms with Crippen molar-refractivity contribution in [2.24, 2.45) is 4.99 Å². The molecule has 2 aliphatic heterocycles. The van der Waals surface area contributed by atoms with Crippen LogP contribution >= 0.6 is 0 Å². The van der Waals surface area contributed by atoms with E-state index in [9.17, 15) is 5.26 Å². The number of fused-ring (bicyclic) bond motifs is 2. The van der Waals surface area contributed by atoms with Crippen LogP contribution < -0.4 is 15.0 Å². The Morgan fingerprint density at radius 1 is 1.17 bits per heavy atom. The average Bonchev–Trinajstić information content (AvgIpc) is 3.19. The number of hydrogen-bond acceptors (Lipinski definition) is 7. The Kier molecular flexibility index (Phi) is 4.28. The van der Waals surface area contributed by atoms with Crippen LogP contribution in [0.4, 0.5) is 17.5 Å². The van der Waals surface area contributed by atoms with E-state index in [0.717, 1.165) is 40.8 Å². The van der Waals surface area contributed by atoms with Crippen molar-refractivity contribution in [3.8, 4) is 11.9 Å². The van der Waals surface area contributed by atoms with Gasteiger partial charge in [0, 0.05) is 30.5 Å². The summed E-state index contributed by atoms with van der Waals surface area (Å²) in [5, 5.41) is 15.1. The van der Waals surface area contributed by atoms with Crippen LogP contribution in [0.3, 0.4) is 0 Å². The van der Waals surface area contributed by atoms with Crippen molar-refractivity contribution >= 4 is 34.1 Å². The van der Waals surface area contributed by atoms with Crippen molar-refractivity contribution in [2.45, 2.75) is 33.3 Å². The maximum Gasteiger partial charge on any atom is 0.220 e. The minimum absolute atomic E-state index is 0.133. The molecule has 7 nitrogen and oxygen atoms in total. The summed E-state index contributed by atoms with van der Waals surface area (Å²) in [6.45, 7) is 7.55. The molecule has 0 saturated carbocycles. The number of nitrogens with one attached hydrogen (secondary N) is 1. The largest absolute Gasteiger partial charge is 0.469 e. The van der Waals surface area contributed by atoms with Gasteiger partial charge < -0.3 is 15.0 Å². The van der Waals surface area contributed by atoms with Crippen LogP contribution in [-0.2, 0) is 6.42 Å². The van der Waals surface area contributed by atoms with E-state index in [4.69, 9.17) is 14.7 Å². The lowest BCUT2D eigenvalue weighted by molar-refractivity contribution is 0.231. The molecule has 0 radical (unpaired) electrons. The zero-order valence-electron chi connectivity index (χ0n) is 17.2. The SMILES string of the molecule is CCN(CC)c1nc2c3c(nc4c(c3c1C#N)C[C@@H](c1ccccc1)O4)N=C(C)N2. The molecule has 1 aromatic carbocycles. The summed E-state index contributed by atoms with van der Waals surface area (Å²) in [5.74, 6) is 3.22. The van der Waals surface area contributed by atoms with E-state index < -0.39 is 0 Å². The molecule has 5 rings (SSSR count). The Morgan fingerprint density at radius 3 is 2.63 bits per heavy atom. The smallest absolute Gasteiger partial charge is 0.220 e. The van der Waals surface area contributed by atoms with Crippen LogP contribution in [0.25, 0.3) is 10.8 Å². The number of pyridine rings is 2. The van der Waals surface area contributed by atoms with Crippen molar-refractivity contribution in [3.63, 3.8) is 0 Å². The summed E-state index contributed by atoms with van der Waals surface area (Å²) < 4.78 is 6.25. The van der Waals surface area contributed by atoms with E-state index >= 15 is 0 Å². The van der Waals surface area contributed by atoms with Gasteiger partial charge in [-0.1, -0.05) is 30.3 Å². The number of anilines is 2. The molecule has 2 aliphatic rings. The maximum absolute atomic E-state index is 10.2. The molecule has 4 heterocycles. The number of hydrogen-bond donors (Lipinski definition) is 1. The fourth-order valence-corrected chi connectivity index (χ4v) is 4.31. The van der Waals surface area contributed by atoms with E-state index in [-0.39, 0.29) is 6.10 Å². The third-order valence-electron chi connectivity index (χ3n) is 5.73.